The second-order valence-electron chi connectivity index (χ2n) is 7.06. The van der Waals surface area contributed by atoms with E-state index in [9.17, 15) is 9.59 Å². The molecule has 0 bridgehead atoms. The summed E-state index contributed by atoms with van der Waals surface area (Å²) in [5, 5.41) is 5.22. The minimum atomic E-state index is -0.566. The molecule has 158 valence electrons. The lowest BCUT2D eigenvalue weighted by atomic mass is 10.1. The fraction of sp³-hybridized carbons (Fsp3) is 0.130. The van der Waals surface area contributed by atoms with E-state index in [1.165, 1.54) is 5.01 Å². The van der Waals surface area contributed by atoms with Gasteiger partial charge in [0.2, 0.25) is 0 Å². The predicted molar refractivity (Wildman–Crippen MR) is 123 cm³/mol. The van der Waals surface area contributed by atoms with Crippen molar-refractivity contribution >= 4 is 45.0 Å². The first-order valence-electron chi connectivity index (χ1n) is 9.55. The number of rotatable bonds is 5. The summed E-state index contributed by atoms with van der Waals surface area (Å²) in [6, 6.07) is 20.0. The van der Waals surface area contributed by atoms with Crippen LogP contribution in [0, 0.1) is 6.92 Å². The molecule has 0 aliphatic carbocycles. The number of hydrogen-bond acceptors (Lipinski definition) is 4. The molecule has 0 fully saturated rings. The second-order valence-corrected chi connectivity index (χ2v) is 8.41. The third-order valence-electron chi connectivity index (χ3n) is 4.84. The van der Waals surface area contributed by atoms with Gasteiger partial charge >= 0.3 is 0 Å². The Kier molecular flexibility index (Phi) is 6.15. The van der Waals surface area contributed by atoms with Crippen molar-refractivity contribution in [3.05, 3.63) is 92.9 Å². The molecular formula is C23H19BrClN3O3. The zero-order valence-corrected chi connectivity index (χ0v) is 18.9. The minimum absolute atomic E-state index is 0.251. The molecule has 6 nitrogen and oxygen atoms in total. The van der Waals surface area contributed by atoms with Gasteiger partial charge < -0.3 is 10.1 Å². The summed E-state index contributed by atoms with van der Waals surface area (Å²) in [6.45, 7) is 1.59. The summed E-state index contributed by atoms with van der Waals surface area (Å²) in [6.07, 6.45) is -0.566. The fourth-order valence-corrected chi connectivity index (χ4v) is 3.93. The number of hydrogen-bond donors (Lipinski definition) is 2. The van der Waals surface area contributed by atoms with Gasteiger partial charge in [-0.2, -0.15) is 0 Å². The van der Waals surface area contributed by atoms with Gasteiger partial charge in [-0.15, -0.1) is 0 Å². The van der Waals surface area contributed by atoms with Crippen molar-refractivity contribution in [3.63, 3.8) is 0 Å². The van der Waals surface area contributed by atoms with Crippen LogP contribution in [0.3, 0.4) is 0 Å². The van der Waals surface area contributed by atoms with Crippen LogP contribution in [-0.4, -0.2) is 23.4 Å². The molecule has 3 aromatic rings. The number of nitrogens with zero attached hydrogens (tertiary/aromatic N) is 1. The number of nitrogens with one attached hydrogen (secondary N) is 2. The Balaban J connectivity index is 1.56. The van der Waals surface area contributed by atoms with E-state index in [4.69, 9.17) is 16.3 Å². The maximum Gasteiger partial charge on any atom is 0.276 e. The van der Waals surface area contributed by atoms with Crippen LogP contribution in [0.25, 0.3) is 0 Å². The zero-order valence-electron chi connectivity index (χ0n) is 16.6. The summed E-state index contributed by atoms with van der Waals surface area (Å²) in [5.41, 5.74) is 5.49. The highest BCUT2D eigenvalue weighted by Gasteiger charge is 2.34. The number of ether oxygens (including phenoxy) is 1. The Hall–Kier alpha value is -3.03. The van der Waals surface area contributed by atoms with Crippen LogP contribution < -0.4 is 15.5 Å². The highest BCUT2D eigenvalue weighted by molar-refractivity contribution is 9.10. The third kappa shape index (κ3) is 4.68. The molecule has 2 amide bonds. The molecule has 1 atom stereocenters. The van der Waals surface area contributed by atoms with Gasteiger partial charge in [-0.25, -0.2) is 5.01 Å². The molecular weight excluding hydrogens is 482 g/mol. The molecule has 4 rings (SSSR count). The molecule has 8 heteroatoms. The number of halogens is 2. The third-order valence-corrected chi connectivity index (χ3v) is 5.57. The monoisotopic (exact) mass is 499 g/mol. The summed E-state index contributed by atoms with van der Waals surface area (Å²) in [7, 11) is 0. The van der Waals surface area contributed by atoms with E-state index >= 15 is 0 Å². The van der Waals surface area contributed by atoms with E-state index in [-0.39, 0.29) is 12.5 Å². The molecule has 3 aromatic carbocycles. The molecule has 2 N–H and O–H groups in total. The first-order chi connectivity index (χ1) is 14.9. The molecule has 0 aromatic heterocycles. The topological polar surface area (TPSA) is 70.7 Å². The Labute approximate surface area is 193 Å². The van der Waals surface area contributed by atoms with E-state index in [0.717, 1.165) is 15.6 Å². The van der Waals surface area contributed by atoms with E-state index in [0.29, 0.717) is 22.0 Å². The standard InChI is InChI=1S/C23H19BrClN3O3/c1-14-11-17(25)8-10-20(14)31-13-21(29)27-28-22(15-5-3-2-4-6-15)26-19-9-7-16(24)12-18(19)23(28)30/h2-12,22,26H,13H2,1H3,(H,27,29). The number of carbonyl (C=O) groups is 2. The number of hydrazine groups is 1. The van der Waals surface area contributed by atoms with Gasteiger partial charge in [-0.1, -0.05) is 57.9 Å². The maximum absolute atomic E-state index is 13.2. The van der Waals surface area contributed by atoms with Crippen molar-refractivity contribution in [3.8, 4) is 5.75 Å². The average molecular weight is 501 g/mol. The number of fused-ring (bicyclic) bond motifs is 1. The summed E-state index contributed by atoms with van der Waals surface area (Å²) in [5.74, 6) is -0.222. The molecule has 1 aliphatic heterocycles. The first-order valence-corrected chi connectivity index (χ1v) is 10.7. The van der Waals surface area contributed by atoms with Crippen LogP contribution in [-0.2, 0) is 4.79 Å². The van der Waals surface area contributed by atoms with Gasteiger partial charge in [0.05, 0.1) is 5.56 Å². The predicted octanol–water partition coefficient (Wildman–Crippen LogP) is 5.09. The molecule has 0 spiro atoms. The Bertz CT molecular complexity index is 1140. The highest BCUT2D eigenvalue weighted by Crippen LogP contribution is 2.33. The van der Waals surface area contributed by atoms with Crippen LogP contribution in [0.15, 0.2) is 71.2 Å². The molecule has 31 heavy (non-hydrogen) atoms. The van der Waals surface area contributed by atoms with Crippen LogP contribution in [0.5, 0.6) is 5.75 Å². The lowest BCUT2D eigenvalue weighted by Gasteiger charge is -2.37. The Morgan fingerprint density at radius 1 is 1.16 bits per heavy atom. The lowest BCUT2D eigenvalue weighted by Crippen LogP contribution is -2.53. The molecule has 1 unspecified atom stereocenters. The fourth-order valence-electron chi connectivity index (χ4n) is 3.35. The van der Waals surface area contributed by atoms with Crippen LogP contribution >= 0.6 is 27.5 Å². The largest absolute Gasteiger partial charge is 0.483 e. The van der Waals surface area contributed by atoms with Crippen molar-refractivity contribution in [1.82, 2.24) is 10.4 Å². The SMILES string of the molecule is Cc1cc(Cl)ccc1OCC(=O)NN1C(=O)c2cc(Br)ccc2NC1c1ccccc1. The Morgan fingerprint density at radius 2 is 1.94 bits per heavy atom. The van der Waals surface area contributed by atoms with Gasteiger partial charge in [-0.3, -0.25) is 15.0 Å². The zero-order chi connectivity index (χ0) is 22.0. The average Bonchev–Trinajstić information content (AvgIpc) is 2.76. The van der Waals surface area contributed by atoms with E-state index in [1.54, 1.807) is 24.3 Å². The van der Waals surface area contributed by atoms with Crippen molar-refractivity contribution in [2.45, 2.75) is 13.1 Å². The number of benzene rings is 3. The van der Waals surface area contributed by atoms with Crippen molar-refractivity contribution in [2.75, 3.05) is 11.9 Å². The molecule has 0 saturated carbocycles. The highest BCUT2D eigenvalue weighted by atomic mass is 79.9. The number of amides is 2. The van der Waals surface area contributed by atoms with E-state index < -0.39 is 12.1 Å². The van der Waals surface area contributed by atoms with Crippen LogP contribution in [0.4, 0.5) is 5.69 Å². The minimum Gasteiger partial charge on any atom is -0.483 e. The number of carbonyl (C=O) groups excluding carboxylic acids is 2. The van der Waals surface area contributed by atoms with Crippen LogP contribution in [0.1, 0.15) is 27.7 Å². The van der Waals surface area contributed by atoms with Gasteiger partial charge in [0.25, 0.3) is 11.8 Å². The molecule has 0 radical (unpaired) electrons. The van der Waals surface area contributed by atoms with Gasteiger partial charge in [-0.05, 0) is 54.4 Å². The van der Waals surface area contributed by atoms with Crippen LogP contribution in [0.2, 0.25) is 5.02 Å². The smallest absolute Gasteiger partial charge is 0.276 e. The van der Waals surface area contributed by atoms with Gasteiger partial charge in [0.15, 0.2) is 6.61 Å². The normalized spacial score (nSPS) is 15.1. The summed E-state index contributed by atoms with van der Waals surface area (Å²) >= 11 is 9.36. The first kappa shape index (κ1) is 21.2. The maximum atomic E-state index is 13.2. The molecule has 0 saturated heterocycles. The van der Waals surface area contributed by atoms with Gasteiger partial charge in [0.1, 0.15) is 11.9 Å². The summed E-state index contributed by atoms with van der Waals surface area (Å²) < 4.78 is 6.39. The quantitative estimate of drug-likeness (QED) is 0.512. The van der Waals surface area contributed by atoms with Gasteiger partial charge in [0, 0.05) is 15.2 Å². The summed E-state index contributed by atoms with van der Waals surface area (Å²) in [4.78, 5) is 25.9. The van der Waals surface area contributed by atoms with Crippen molar-refractivity contribution in [1.29, 1.82) is 0 Å². The molecule has 1 aliphatic rings. The number of aryl methyl sites for hydroxylation is 1. The van der Waals surface area contributed by atoms with Crippen molar-refractivity contribution in [2.24, 2.45) is 0 Å². The van der Waals surface area contributed by atoms with Crippen molar-refractivity contribution < 1.29 is 14.3 Å². The Morgan fingerprint density at radius 3 is 2.68 bits per heavy atom. The van der Waals surface area contributed by atoms with E-state index in [2.05, 4.69) is 26.7 Å². The molecule has 1 heterocycles. The van der Waals surface area contributed by atoms with E-state index in [1.807, 2.05) is 49.4 Å². The lowest BCUT2D eigenvalue weighted by molar-refractivity contribution is -0.127. The number of anilines is 1. The second kappa shape index (κ2) is 8.99.